The van der Waals surface area contributed by atoms with Crippen LogP contribution in [0, 0.1) is 5.82 Å². The van der Waals surface area contributed by atoms with Gasteiger partial charge in [0.2, 0.25) is 0 Å². The summed E-state index contributed by atoms with van der Waals surface area (Å²) in [5.74, 6) is -3.38. The van der Waals surface area contributed by atoms with Gasteiger partial charge < -0.3 is 20.1 Å². The number of aromatic carboxylic acids is 1. The van der Waals surface area contributed by atoms with Gasteiger partial charge in [-0.1, -0.05) is 6.07 Å². The summed E-state index contributed by atoms with van der Waals surface area (Å²) in [6.07, 6.45) is -3.76. The van der Waals surface area contributed by atoms with E-state index < -0.39 is 35.5 Å². The molecule has 2 atom stereocenters. The molecule has 6 nitrogen and oxygen atoms in total. The quantitative estimate of drug-likeness (QED) is 0.673. The van der Waals surface area contributed by atoms with Crippen molar-refractivity contribution in [3.05, 3.63) is 35.1 Å². The number of halogens is 1. The molecular weight excluding hydrogens is 259 g/mol. The maximum atomic E-state index is 13.0. The Hall–Kier alpha value is -1.99. The van der Waals surface area contributed by atoms with Crippen LogP contribution in [-0.4, -0.2) is 40.0 Å². The topological polar surface area (TPSA) is 104 Å². The van der Waals surface area contributed by atoms with Crippen molar-refractivity contribution in [2.75, 3.05) is 6.61 Å². The van der Waals surface area contributed by atoms with Crippen molar-refractivity contribution >= 4 is 11.9 Å². The Labute approximate surface area is 108 Å². The Morgan fingerprint density at radius 3 is 2.53 bits per heavy atom. The molecule has 0 aliphatic rings. The van der Waals surface area contributed by atoms with E-state index in [1.807, 2.05) is 0 Å². The maximum Gasteiger partial charge on any atom is 0.338 e. The van der Waals surface area contributed by atoms with E-state index in [4.69, 9.17) is 5.11 Å². The summed E-state index contributed by atoms with van der Waals surface area (Å²) in [6, 6.07) is 2.60. The first-order valence-electron chi connectivity index (χ1n) is 5.44. The fourth-order valence-corrected chi connectivity index (χ4v) is 1.50. The Morgan fingerprint density at radius 1 is 1.37 bits per heavy atom. The van der Waals surface area contributed by atoms with Crippen LogP contribution in [0.25, 0.3) is 0 Å². The highest BCUT2D eigenvalue weighted by Gasteiger charge is 2.30. The minimum atomic E-state index is -1.94. The van der Waals surface area contributed by atoms with Gasteiger partial charge in [-0.25, -0.2) is 14.0 Å². The highest BCUT2D eigenvalue weighted by Crippen LogP contribution is 2.23. The molecule has 0 aliphatic heterocycles. The normalized spacial score (nSPS) is 13.7. The summed E-state index contributed by atoms with van der Waals surface area (Å²) in [7, 11) is 0. The highest BCUT2D eigenvalue weighted by atomic mass is 19.1. The molecule has 0 radical (unpaired) electrons. The molecule has 1 aromatic rings. The van der Waals surface area contributed by atoms with E-state index in [2.05, 4.69) is 4.74 Å². The van der Waals surface area contributed by atoms with Crippen LogP contribution >= 0.6 is 0 Å². The van der Waals surface area contributed by atoms with E-state index in [0.717, 1.165) is 12.1 Å². The third kappa shape index (κ3) is 3.49. The van der Waals surface area contributed by atoms with E-state index in [9.17, 15) is 24.2 Å². The zero-order chi connectivity index (χ0) is 14.6. The summed E-state index contributed by atoms with van der Waals surface area (Å²) in [5, 5.41) is 28.2. The lowest BCUT2D eigenvalue weighted by molar-refractivity contribution is -0.159. The van der Waals surface area contributed by atoms with Gasteiger partial charge in [0.25, 0.3) is 0 Å². The van der Waals surface area contributed by atoms with E-state index in [1.165, 1.54) is 6.92 Å². The second-order valence-electron chi connectivity index (χ2n) is 3.68. The van der Waals surface area contributed by atoms with Crippen molar-refractivity contribution in [2.45, 2.75) is 19.1 Å². The molecule has 0 saturated heterocycles. The van der Waals surface area contributed by atoms with Crippen LogP contribution in [0.3, 0.4) is 0 Å². The van der Waals surface area contributed by atoms with Crippen LogP contribution in [0.15, 0.2) is 18.2 Å². The average Bonchev–Trinajstić information content (AvgIpc) is 2.37. The van der Waals surface area contributed by atoms with E-state index in [-0.39, 0.29) is 12.2 Å². The lowest BCUT2D eigenvalue weighted by Crippen LogP contribution is -2.30. The third-order valence-electron chi connectivity index (χ3n) is 2.39. The monoisotopic (exact) mass is 272 g/mol. The molecule has 0 heterocycles. The number of esters is 1. The molecule has 1 aromatic carbocycles. The van der Waals surface area contributed by atoms with Crippen LogP contribution in [0.4, 0.5) is 4.39 Å². The summed E-state index contributed by atoms with van der Waals surface area (Å²) < 4.78 is 17.5. The van der Waals surface area contributed by atoms with Crippen LogP contribution in [0.5, 0.6) is 0 Å². The first kappa shape index (κ1) is 15.1. The molecule has 0 spiro atoms. The minimum absolute atomic E-state index is 0.00216. The smallest absolute Gasteiger partial charge is 0.338 e. The first-order valence-corrected chi connectivity index (χ1v) is 5.44. The number of benzene rings is 1. The van der Waals surface area contributed by atoms with Crippen LogP contribution in [0.1, 0.15) is 28.9 Å². The van der Waals surface area contributed by atoms with Gasteiger partial charge in [0.1, 0.15) is 11.9 Å². The minimum Gasteiger partial charge on any atom is -0.478 e. The number of carboxylic acids is 1. The lowest BCUT2D eigenvalue weighted by atomic mass is 9.98. The zero-order valence-corrected chi connectivity index (χ0v) is 10.0. The Bertz CT molecular complexity index is 487. The molecule has 0 bridgehead atoms. The standard InChI is InChI=1S/C12H13FO6/c1-2-19-12(18)10(15)9(14)7-4-3-6(13)5-8(7)11(16)17/h3-5,9-10,14-15H,2H2,1H3,(H,16,17). The summed E-state index contributed by atoms with van der Waals surface area (Å²) >= 11 is 0. The van der Waals surface area contributed by atoms with Gasteiger partial charge in [-0.3, -0.25) is 0 Å². The molecule has 1 rings (SSSR count). The fourth-order valence-electron chi connectivity index (χ4n) is 1.50. The molecule has 19 heavy (non-hydrogen) atoms. The average molecular weight is 272 g/mol. The summed E-state index contributed by atoms with van der Waals surface area (Å²) in [6.45, 7) is 1.51. The fraction of sp³-hybridized carbons (Fsp3) is 0.333. The Morgan fingerprint density at radius 2 is 2.00 bits per heavy atom. The van der Waals surface area contributed by atoms with Crippen LogP contribution in [-0.2, 0) is 9.53 Å². The van der Waals surface area contributed by atoms with Crippen molar-refractivity contribution in [2.24, 2.45) is 0 Å². The lowest BCUT2D eigenvalue weighted by Gasteiger charge is -2.18. The van der Waals surface area contributed by atoms with E-state index >= 15 is 0 Å². The summed E-state index contributed by atoms with van der Waals surface area (Å²) in [4.78, 5) is 22.2. The van der Waals surface area contributed by atoms with Gasteiger partial charge in [-0.15, -0.1) is 0 Å². The number of aliphatic hydroxyl groups is 2. The van der Waals surface area contributed by atoms with Gasteiger partial charge in [0.15, 0.2) is 6.10 Å². The molecule has 104 valence electrons. The molecule has 0 saturated carbocycles. The highest BCUT2D eigenvalue weighted by molar-refractivity contribution is 5.90. The second kappa shape index (κ2) is 6.26. The first-order chi connectivity index (χ1) is 8.88. The predicted octanol–water partition coefficient (Wildman–Crippen LogP) is 0.481. The van der Waals surface area contributed by atoms with Crippen molar-refractivity contribution < 1.29 is 34.0 Å². The third-order valence-corrected chi connectivity index (χ3v) is 2.39. The molecule has 0 aliphatic carbocycles. The number of carbonyl (C=O) groups excluding carboxylic acids is 1. The number of rotatable bonds is 5. The number of aliphatic hydroxyl groups excluding tert-OH is 2. The molecular formula is C12H13FO6. The van der Waals surface area contributed by atoms with E-state index in [0.29, 0.717) is 6.07 Å². The number of ether oxygens (including phenoxy) is 1. The second-order valence-corrected chi connectivity index (χ2v) is 3.68. The number of carboxylic acid groups (broad SMARTS) is 1. The summed E-state index contributed by atoms with van der Waals surface area (Å²) in [5.41, 5.74) is -0.801. The van der Waals surface area contributed by atoms with Crippen molar-refractivity contribution in [1.82, 2.24) is 0 Å². The van der Waals surface area contributed by atoms with Gasteiger partial charge in [-0.2, -0.15) is 0 Å². The Balaban J connectivity index is 3.08. The van der Waals surface area contributed by atoms with Crippen molar-refractivity contribution in [1.29, 1.82) is 0 Å². The van der Waals surface area contributed by atoms with Crippen LogP contribution < -0.4 is 0 Å². The zero-order valence-electron chi connectivity index (χ0n) is 10.0. The van der Waals surface area contributed by atoms with Gasteiger partial charge >= 0.3 is 11.9 Å². The molecule has 0 amide bonds. The van der Waals surface area contributed by atoms with Gasteiger partial charge in [-0.05, 0) is 24.6 Å². The van der Waals surface area contributed by atoms with Gasteiger partial charge in [0.05, 0.1) is 12.2 Å². The molecule has 2 unspecified atom stereocenters. The maximum absolute atomic E-state index is 13.0. The van der Waals surface area contributed by atoms with Crippen molar-refractivity contribution in [3.63, 3.8) is 0 Å². The number of hydrogen-bond donors (Lipinski definition) is 3. The van der Waals surface area contributed by atoms with Crippen molar-refractivity contribution in [3.8, 4) is 0 Å². The molecule has 7 heteroatoms. The molecule has 3 N–H and O–H groups in total. The Kier molecular flexibility index (Phi) is 4.96. The molecule has 0 aromatic heterocycles. The predicted molar refractivity (Wildman–Crippen MR) is 61.0 cm³/mol. The van der Waals surface area contributed by atoms with E-state index in [1.54, 1.807) is 0 Å². The number of hydrogen-bond acceptors (Lipinski definition) is 5. The van der Waals surface area contributed by atoms with Gasteiger partial charge in [0, 0.05) is 0 Å². The van der Waals surface area contributed by atoms with Crippen LogP contribution in [0.2, 0.25) is 0 Å². The SMILES string of the molecule is CCOC(=O)C(O)C(O)c1ccc(F)cc1C(=O)O. The number of carbonyl (C=O) groups is 2. The largest absolute Gasteiger partial charge is 0.478 e. The molecule has 0 fully saturated rings.